The first-order valence-corrected chi connectivity index (χ1v) is 4.62. The molecule has 0 aromatic carbocycles. The summed E-state index contributed by atoms with van der Waals surface area (Å²) >= 11 is 0. The van der Waals surface area contributed by atoms with Crippen molar-refractivity contribution in [3.63, 3.8) is 0 Å². The van der Waals surface area contributed by atoms with Crippen LogP contribution in [-0.2, 0) is 14.3 Å². The van der Waals surface area contributed by atoms with E-state index in [0.29, 0.717) is 0 Å². The average molecular weight is 378 g/mol. The summed E-state index contributed by atoms with van der Waals surface area (Å²) in [6.45, 7) is 0. The second-order valence-electron chi connectivity index (χ2n) is 3.52. The number of hydrogen-bond donors (Lipinski definition) is 1. The molecule has 138 valence electrons. The van der Waals surface area contributed by atoms with E-state index in [1.54, 1.807) is 4.74 Å². The number of aliphatic carboxylic acids is 1. The first kappa shape index (κ1) is 21.6. The Labute approximate surface area is 116 Å². The fourth-order valence-corrected chi connectivity index (χ4v) is 0.809. The van der Waals surface area contributed by atoms with Gasteiger partial charge in [-0.25, -0.2) is 18.7 Å². The smallest absolute Gasteiger partial charge is 0.479 e. The van der Waals surface area contributed by atoms with Gasteiger partial charge in [-0.05, 0) is 0 Å². The first-order valence-electron chi connectivity index (χ1n) is 4.62. The lowest BCUT2D eigenvalue weighted by Gasteiger charge is -2.33. The lowest BCUT2D eigenvalue weighted by atomic mass is 10.2. The minimum atomic E-state index is -7.39. The van der Waals surface area contributed by atoms with Crippen LogP contribution in [0.3, 0.4) is 0 Å². The van der Waals surface area contributed by atoms with Gasteiger partial charge < -0.3 is 5.11 Å². The van der Waals surface area contributed by atoms with Crippen molar-refractivity contribution < 1.29 is 72.1 Å². The Balaban J connectivity index is 5.58. The zero-order valence-electron chi connectivity index (χ0n) is 9.78. The van der Waals surface area contributed by atoms with Crippen molar-refractivity contribution in [2.45, 2.75) is 36.8 Å². The summed E-state index contributed by atoms with van der Waals surface area (Å²) in [5.41, 5.74) is 0. The Morgan fingerprint density at radius 3 is 1.43 bits per heavy atom. The van der Waals surface area contributed by atoms with Crippen LogP contribution in [0.2, 0.25) is 0 Å². The van der Waals surface area contributed by atoms with Gasteiger partial charge in [-0.1, -0.05) is 0 Å². The van der Waals surface area contributed by atoms with Crippen molar-refractivity contribution >= 4 is 5.97 Å². The number of rotatable bonds is 7. The number of carboxylic acid groups (broad SMARTS) is 1. The molecular formula is C7H2F12O4. The number of hydrogen-bond acceptors (Lipinski definition) is 3. The summed E-state index contributed by atoms with van der Waals surface area (Å²) in [6.07, 6.45) is -31.9. The molecule has 0 aliphatic rings. The van der Waals surface area contributed by atoms with E-state index in [9.17, 15) is 57.5 Å². The fourth-order valence-electron chi connectivity index (χ4n) is 0.809. The molecule has 0 heterocycles. The molecule has 1 N–H and O–H groups in total. The van der Waals surface area contributed by atoms with E-state index in [-0.39, 0.29) is 0 Å². The lowest BCUT2D eigenvalue weighted by molar-refractivity contribution is -0.525. The summed E-state index contributed by atoms with van der Waals surface area (Å²) in [5, 5.41) is 7.74. The zero-order chi connectivity index (χ0) is 19.1. The van der Waals surface area contributed by atoms with E-state index in [2.05, 4.69) is 0 Å². The topological polar surface area (TPSA) is 55.8 Å². The maximum Gasteiger partial charge on any atom is 0.527 e. The Morgan fingerprint density at radius 1 is 0.783 bits per heavy atom. The maximum atomic E-state index is 12.7. The lowest BCUT2D eigenvalue weighted by Crippen LogP contribution is -2.60. The highest BCUT2D eigenvalue weighted by Crippen LogP contribution is 2.50. The van der Waals surface area contributed by atoms with Crippen molar-refractivity contribution in [1.29, 1.82) is 0 Å². The number of ether oxygens (including phenoxy) is 2. The summed E-state index contributed by atoms with van der Waals surface area (Å²) in [5.74, 6) is -10.6. The SMILES string of the molecule is O=C(O)C(F)C(F)(F)OC(F)(F)C(F)(F)C(F)(F)OC(F)(F)F. The highest BCUT2D eigenvalue weighted by molar-refractivity contribution is 5.73. The van der Waals surface area contributed by atoms with E-state index in [0.717, 1.165) is 0 Å². The highest BCUT2D eigenvalue weighted by Gasteiger charge is 2.79. The fraction of sp³-hybridized carbons (Fsp3) is 0.857. The normalized spacial score (nSPS) is 16.3. The van der Waals surface area contributed by atoms with Gasteiger partial charge in [0.2, 0.25) is 0 Å². The van der Waals surface area contributed by atoms with Gasteiger partial charge in [0.15, 0.2) is 0 Å². The molecule has 0 bridgehead atoms. The number of carbonyl (C=O) groups is 1. The third-order valence-corrected chi connectivity index (χ3v) is 1.75. The Kier molecular flexibility index (Phi) is 5.51. The van der Waals surface area contributed by atoms with Crippen molar-refractivity contribution in [3.05, 3.63) is 0 Å². The minimum absolute atomic E-state index is 1.40. The maximum absolute atomic E-state index is 12.7. The molecule has 0 aromatic rings. The summed E-state index contributed by atoms with van der Waals surface area (Å²) < 4.78 is 150. The van der Waals surface area contributed by atoms with Gasteiger partial charge in [0.1, 0.15) is 0 Å². The van der Waals surface area contributed by atoms with Crippen molar-refractivity contribution in [2.24, 2.45) is 0 Å². The molecule has 4 nitrogen and oxygen atoms in total. The molecule has 0 aliphatic heterocycles. The van der Waals surface area contributed by atoms with Gasteiger partial charge in [0.25, 0.3) is 6.17 Å². The zero-order valence-corrected chi connectivity index (χ0v) is 9.78. The van der Waals surface area contributed by atoms with E-state index in [1.165, 1.54) is 4.74 Å². The van der Waals surface area contributed by atoms with E-state index < -0.39 is 42.8 Å². The molecule has 0 rings (SSSR count). The molecule has 0 fully saturated rings. The van der Waals surface area contributed by atoms with Gasteiger partial charge in [-0.15, -0.1) is 13.2 Å². The van der Waals surface area contributed by atoms with Crippen LogP contribution in [-0.4, -0.2) is 47.9 Å². The standard InChI is InChI=1S/C7H2F12O4/c8-1(2(20)21)3(9,10)22-5(13,14)4(11,12)6(15,16)23-7(17,18)19/h1H,(H,20,21). The predicted octanol–water partition coefficient (Wildman–Crippen LogP) is 3.38. The quantitative estimate of drug-likeness (QED) is 0.691. The molecule has 0 aromatic heterocycles. The largest absolute Gasteiger partial charge is 0.527 e. The molecule has 1 atom stereocenters. The average Bonchev–Trinajstić information content (AvgIpc) is 2.22. The Bertz CT molecular complexity index is 443. The van der Waals surface area contributed by atoms with Crippen LogP contribution in [0, 0.1) is 0 Å². The van der Waals surface area contributed by atoms with Gasteiger partial charge in [-0.3, -0.25) is 0 Å². The molecule has 0 aliphatic carbocycles. The van der Waals surface area contributed by atoms with Crippen LogP contribution in [0.25, 0.3) is 0 Å². The molecule has 0 spiro atoms. The van der Waals surface area contributed by atoms with Crippen LogP contribution >= 0.6 is 0 Å². The molecule has 0 amide bonds. The highest BCUT2D eigenvalue weighted by atomic mass is 19.4. The third kappa shape index (κ3) is 4.76. The summed E-state index contributed by atoms with van der Waals surface area (Å²) in [4.78, 5) is 9.78. The number of alkyl halides is 12. The second-order valence-corrected chi connectivity index (χ2v) is 3.52. The Hall–Kier alpha value is -1.45. The van der Waals surface area contributed by atoms with Crippen LogP contribution < -0.4 is 0 Å². The molecule has 1 unspecified atom stereocenters. The van der Waals surface area contributed by atoms with E-state index in [4.69, 9.17) is 5.11 Å². The van der Waals surface area contributed by atoms with E-state index >= 15 is 0 Å². The van der Waals surface area contributed by atoms with Gasteiger partial charge >= 0.3 is 36.6 Å². The second kappa shape index (κ2) is 5.88. The molecule has 16 heteroatoms. The van der Waals surface area contributed by atoms with Crippen molar-refractivity contribution in [2.75, 3.05) is 0 Å². The van der Waals surface area contributed by atoms with Gasteiger partial charge in [0.05, 0.1) is 0 Å². The van der Waals surface area contributed by atoms with Gasteiger partial charge in [0, 0.05) is 0 Å². The third-order valence-electron chi connectivity index (χ3n) is 1.75. The van der Waals surface area contributed by atoms with Crippen molar-refractivity contribution in [3.8, 4) is 0 Å². The monoisotopic (exact) mass is 378 g/mol. The summed E-state index contributed by atoms with van der Waals surface area (Å²) in [7, 11) is 0. The van der Waals surface area contributed by atoms with Gasteiger partial charge in [-0.2, -0.15) is 35.1 Å². The summed E-state index contributed by atoms with van der Waals surface area (Å²) in [6, 6.07) is 0. The molecule has 0 saturated heterocycles. The molecule has 23 heavy (non-hydrogen) atoms. The predicted molar refractivity (Wildman–Crippen MR) is 40.5 cm³/mol. The number of carboxylic acids is 1. The first-order chi connectivity index (χ1) is 9.77. The molecule has 0 radical (unpaired) electrons. The van der Waals surface area contributed by atoms with E-state index in [1.807, 2.05) is 0 Å². The number of halogens is 12. The Morgan fingerprint density at radius 2 is 1.13 bits per heavy atom. The van der Waals surface area contributed by atoms with Crippen molar-refractivity contribution in [1.82, 2.24) is 0 Å². The van der Waals surface area contributed by atoms with Crippen LogP contribution in [0.5, 0.6) is 0 Å². The van der Waals surface area contributed by atoms with Crippen LogP contribution in [0.15, 0.2) is 0 Å². The van der Waals surface area contributed by atoms with Crippen LogP contribution in [0.1, 0.15) is 0 Å². The minimum Gasteiger partial charge on any atom is -0.479 e. The molecular weight excluding hydrogens is 376 g/mol. The van der Waals surface area contributed by atoms with Crippen LogP contribution in [0.4, 0.5) is 52.7 Å². The molecule has 0 saturated carbocycles.